The molecule has 0 radical (unpaired) electrons. The summed E-state index contributed by atoms with van der Waals surface area (Å²) in [6, 6.07) is 19.9. The van der Waals surface area contributed by atoms with E-state index in [1.165, 1.54) is 0 Å². The maximum absolute atomic E-state index is 13.1. The number of carbonyl (C=O) groups is 2. The van der Waals surface area contributed by atoms with Gasteiger partial charge in [-0.2, -0.15) is 5.10 Å². The van der Waals surface area contributed by atoms with Crippen LogP contribution in [0.5, 0.6) is 5.75 Å². The van der Waals surface area contributed by atoms with Gasteiger partial charge in [-0.3, -0.25) is 4.79 Å². The highest BCUT2D eigenvalue weighted by atomic mass is 16.5. The van der Waals surface area contributed by atoms with Crippen molar-refractivity contribution in [1.29, 1.82) is 0 Å². The third-order valence-corrected chi connectivity index (χ3v) is 6.28. The van der Waals surface area contributed by atoms with Gasteiger partial charge in [0.1, 0.15) is 5.75 Å². The lowest BCUT2D eigenvalue weighted by molar-refractivity contribution is 0.102. The highest BCUT2D eigenvalue weighted by molar-refractivity contribution is 6.05. The van der Waals surface area contributed by atoms with E-state index in [1.807, 2.05) is 55.5 Å². The number of urea groups is 1. The average Bonchev–Trinajstić information content (AvgIpc) is 3.42. The second-order valence-corrected chi connectivity index (χ2v) is 9.11. The fraction of sp³-hybridized carbons (Fsp3) is 0.207. The summed E-state index contributed by atoms with van der Waals surface area (Å²) in [5.74, 6) is 0.424. The number of nitrogens with one attached hydrogen (secondary N) is 3. The molecule has 3 amide bonds. The first kappa shape index (κ1) is 25.8. The zero-order chi connectivity index (χ0) is 27.2. The normalized spacial score (nSPS) is 13.0. The molecule has 1 aliphatic heterocycles. The molecule has 1 fully saturated rings. The van der Waals surface area contributed by atoms with Gasteiger partial charge >= 0.3 is 6.03 Å². The number of rotatable bonds is 7. The molecule has 4 aromatic rings. The van der Waals surface area contributed by atoms with E-state index in [2.05, 4.69) is 25.9 Å². The SMILES string of the molecule is COc1cc(NC(=O)c2cccc(-n3cc(NC(=O)Nc4cccc(C)c4)cn3)c2)ccc1N1CCOCC1. The first-order valence-electron chi connectivity index (χ1n) is 12.6. The maximum Gasteiger partial charge on any atom is 0.323 e. The van der Waals surface area contributed by atoms with Crippen LogP contribution < -0.4 is 25.6 Å². The van der Waals surface area contributed by atoms with E-state index in [9.17, 15) is 9.59 Å². The van der Waals surface area contributed by atoms with Crippen LogP contribution >= 0.6 is 0 Å². The monoisotopic (exact) mass is 526 g/mol. The number of hydrogen-bond acceptors (Lipinski definition) is 6. The second kappa shape index (κ2) is 11.7. The van der Waals surface area contributed by atoms with Gasteiger partial charge in [0.15, 0.2) is 0 Å². The first-order chi connectivity index (χ1) is 19.0. The molecular formula is C29H30N6O4. The van der Waals surface area contributed by atoms with Gasteiger partial charge in [0.25, 0.3) is 5.91 Å². The van der Waals surface area contributed by atoms with Gasteiger partial charge in [0.2, 0.25) is 0 Å². The topological polar surface area (TPSA) is 110 Å². The number of methoxy groups -OCH3 is 1. The van der Waals surface area contributed by atoms with E-state index < -0.39 is 0 Å². The summed E-state index contributed by atoms with van der Waals surface area (Å²) in [4.78, 5) is 27.6. The van der Waals surface area contributed by atoms with Gasteiger partial charge in [-0.1, -0.05) is 18.2 Å². The van der Waals surface area contributed by atoms with E-state index in [0.29, 0.717) is 47.3 Å². The lowest BCUT2D eigenvalue weighted by atomic mass is 10.1. The van der Waals surface area contributed by atoms with Gasteiger partial charge in [0.05, 0.1) is 49.8 Å². The minimum Gasteiger partial charge on any atom is -0.495 e. The molecule has 0 aliphatic carbocycles. The predicted octanol–water partition coefficient (Wildman–Crippen LogP) is 4.92. The lowest BCUT2D eigenvalue weighted by Gasteiger charge is -2.30. The predicted molar refractivity (Wildman–Crippen MR) is 151 cm³/mol. The van der Waals surface area contributed by atoms with E-state index >= 15 is 0 Å². The Bertz CT molecular complexity index is 1480. The van der Waals surface area contributed by atoms with Crippen LogP contribution in [0, 0.1) is 6.92 Å². The number of nitrogens with zero attached hydrogens (tertiary/aromatic N) is 3. The van der Waals surface area contributed by atoms with Crippen LogP contribution in [-0.4, -0.2) is 55.1 Å². The van der Waals surface area contributed by atoms with Crippen molar-refractivity contribution in [2.24, 2.45) is 0 Å². The van der Waals surface area contributed by atoms with Crippen molar-refractivity contribution in [2.45, 2.75) is 6.92 Å². The summed E-state index contributed by atoms with van der Waals surface area (Å²) in [5.41, 5.74) is 5.00. The van der Waals surface area contributed by atoms with E-state index in [1.54, 1.807) is 42.4 Å². The Morgan fingerprint density at radius 2 is 1.67 bits per heavy atom. The molecule has 0 spiro atoms. The molecule has 0 atom stereocenters. The van der Waals surface area contributed by atoms with Crippen molar-refractivity contribution in [1.82, 2.24) is 9.78 Å². The Morgan fingerprint density at radius 1 is 0.897 bits per heavy atom. The number of morpholine rings is 1. The third kappa shape index (κ3) is 6.36. The standard InChI is InChI=1S/C29H30N6O4/c1-20-5-3-7-22(15-20)32-29(37)33-24-18-30-35(19-24)25-8-4-6-21(16-25)28(36)31-23-9-10-26(27(17-23)38-2)34-11-13-39-14-12-34/h3-10,15-19H,11-14H2,1-2H3,(H,31,36)(H2,32,33,37). The molecule has 39 heavy (non-hydrogen) atoms. The Morgan fingerprint density at radius 3 is 2.46 bits per heavy atom. The van der Waals surface area contributed by atoms with Crippen LogP contribution in [0.4, 0.5) is 27.5 Å². The van der Waals surface area contributed by atoms with Gasteiger partial charge < -0.3 is 30.3 Å². The number of amides is 3. The number of hydrogen-bond donors (Lipinski definition) is 3. The average molecular weight is 527 g/mol. The summed E-state index contributed by atoms with van der Waals surface area (Å²) in [6.07, 6.45) is 3.23. The van der Waals surface area contributed by atoms with Gasteiger partial charge in [-0.25, -0.2) is 9.48 Å². The van der Waals surface area contributed by atoms with Crippen molar-refractivity contribution in [3.63, 3.8) is 0 Å². The van der Waals surface area contributed by atoms with Gasteiger partial charge in [-0.15, -0.1) is 0 Å². The highest BCUT2D eigenvalue weighted by Gasteiger charge is 2.17. The maximum atomic E-state index is 13.1. The minimum atomic E-state index is -0.372. The molecule has 5 rings (SSSR count). The van der Waals surface area contributed by atoms with Crippen LogP contribution in [0.15, 0.2) is 79.1 Å². The molecule has 200 valence electrons. The molecule has 1 aromatic heterocycles. The fourth-order valence-corrected chi connectivity index (χ4v) is 4.36. The molecule has 10 nitrogen and oxygen atoms in total. The fourth-order valence-electron chi connectivity index (χ4n) is 4.36. The zero-order valence-corrected chi connectivity index (χ0v) is 21.8. The molecular weight excluding hydrogens is 496 g/mol. The number of benzene rings is 3. The number of anilines is 4. The number of aromatic nitrogens is 2. The molecule has 3 N–H and O–H groups in total. The van der Waals surface area contributed by atoms with Gasteiger partial charge in [-0.05, 0) is 55.0 Å². The van der Waals surface area contributed by atoms with E-state index in [-0.39, 0.29) is 11.9 Å². The summed E-state index contributed by atoms with van der Waals surface area (Å²) >= 11 is 0. The van der Waals surface area contributed by atoms with E-state index in [0.717, 1.165) is 24.3 Å². The van der Waals surface area contributed by atoms with Crippen molar-refractivity contribution < 1.29 is 19.1 Å². The number of aryl methyl sites for hydroxylation is 1. The molecule has 3 aromatic carbocycles. The van der Waals surface area contributed by atoms with Gasteiger partial charge in [0, 0.05) is 36.1 Å². The highest BCUT2D eigenvalue weighted by Crippen LogP contribution is 2.32. The Hall–Kier alpha value is -4.83. The summed E-state index contributed by atoms with van der Waals surface area (Å²) in [7, 11) is 1.62. The second-order valence-electron chi connectivity index (χ2n) is 9.11. The zero-order valence-electron chi connectivity index (χ0n) is 21.8. The third-order valence-electron chi connectivity index (χ3n) is 6.28. The molecule has 2 heterocycles. The van der Waals surface area contributed by atoms with Crippen LogP contribution in [0.1, 0.15) is 15.9 Å². The summed E-state index contributed by atoms with van der Waals surface area (Å²) in [5, 5.41) is 12.9. The molecule has 0 unspecified atom stereocenters. The molecule has 10 heteroatoms. The van der Waals surface area contributed by atoms with Crippen LogP contribution in [-0.2, 0) is 4.74 Å². The minimum absolute atomic E-state index is 0.263. The lowest BCUT2D eigenvalue weighted by Crippen LogP contribution is -2.36. The van der Waals surface area contributed by atoms with Crippen LogP contribution in [0.3, 0.4) is 0 Å². The summed E-state index contributed by atoms with van der Waals surface area (Å²) in [6.45, 7) is 4.88. The molecule has 1 aliphatic rings. The Kier molecular flexibility index (Phi) is 7.74. The van der Waals surface area contributed by atoms with Crippen molar-refractivity contribution >= 4 is 34.7 Å². The van der Waals surface area contributed by atoms with Crippen molar-refractivity contribution in [3.05, 3.63) is 90.3 Å². The molecule has 1 saturated heterocycles. The quantitative estimate of drug-likeness (QED) is 0.315. The van der Waals surface area contributed by atoms with Crippen LogP contribution in [0.2, 0.25) is 0 Å². The first-order valence-corrected chi connectivity index (χ1v) is 12.6. The molecule has 0 bridgehead atoms. The van der Waals surface area contributed by atoms with Crippen molar-refractivity contribution in [2.75, 3.05) is 54.3 Å². The Balaban J connectivity index is 1.24. The Labute approximate surface area is 226 Å². The van der Waals surface area contributed by atoms with Crippen molar-refractivity contribution in [3.8, 4) is 11.4 Å². The largest absolute Gasteiger partial charge is 0.495 e. The number of ether oxygens (including phenoxy) is 2. The molecule has 0 saturated carbocycles. The van der Waals surface area contributed by atoms with E-state index in [4.69, 9.17) is 9.47 Å². The van der Waals surface area contributed by atoms with Crippen LogP contribution in [0.25, 0.3) is 5.69 Å². The summed E-state index contributed by atoms with van der Waals surface area (Å²) < 4.78 is 12.6. The number of carbonyl (C=O) groups excluding carboxylic acids is 2. The smallest absolute Gasteiger partial charge is 0.323 e.